The summed E-state index contributed by atoms with van der Waals surface area (Å²) >= 11 is 0. The Morgan fingerprint density at radius 3 is 2.46 bits per heavy atom. The molecule has 1 aromatic rings. The summed E-state index contributed by atoms with van der Waals surface area (Å²) in [5, 5.41) is 0. The molecular weight excluding hydrogens is 166 g/mol. The molecule has 0 radical (unpaired) electrons. The molecule has 72 valence electrons. The minimum atomic E-state index is -0.528. The summed E-state index contributed by atoms with van der Waals surface area (Å²) in [4.78, 5) is 8.40. The molecule has 13 heavy (non-hydrogen) atoms. The van der Waals surface area contributed by atoms with Gasteiger partial charge in [-0.1, -0.05) is 0 Å². The van der Waals surface area contributed by atoms with Gasteiger partial charge in [-0.05, 0) is 20.8 Å². The van der Waals surface area contributed by atoms with Crippen LogP contribution in [0, 0.1) is 6.92 Å². The van der Waals surface area contributed by atoms with E-state index in [1.807, 2.05) is 20.8 Å². The highest BCUT2D eigenvalue weighted by atomic mass is 16.5. The number of methoxy groups -OCH3 is 1. The summed E-state index contributed by atoms with van der Waals surface area (Å²) in [6, 6.07) is 1.77. The van der Waals surface area contributed by atoms with Crippen molar-refractivity contribution >= 4 is 0 Å². The summed E-state index contributed by atoms with van der Waals surface area (Å²) < 4.78 is 5.02. The zero-order valence-corrected chi connectivity index (χ0v) is 8.46. The average molecular weight is 181 g/mol. The first kappa shape index (κ1) is 9.92. The molecule has 0 aliphatic heterocycles. The molecule has 0 aliphatic rings. The average Bonchev–Trinajstić information content (AvgIpc) is 2.01. The molecule has 0 aliphatic carbocycles. The SMILES string of the molecule is COc1cc(C)nc(C(C)(C)N)n1. The van der Waals surface area contributed by atoms with E-state index in [0.717, 1.165) is 5.69 Å². The van der Waals surface area contributed by atoms with Gasteiger partial charge in [-0.3, -0.25) is 0 Å². The van der Waals surface area contributed by atoms with Crippen molar-refractivity contribution in [2.75, 3.05) is 7.11 Å². The molecular formula is C9H15N3O. The van der Waals surface area contributed by atoms with E-state index in [4.69, 9.17) is 10.5 Å². The second-order valence-electron chi connectivity index (χ2n) is 3.60. The normalized spacial score (nSPS) is 11.5. The minimum absolute atomic E-state index is 0.528. The Morgan fingerprint density at radius 2 is 2.00 bits per heavy atom. The molecule has 0 saturated heterocycles. The molecule has 2 N–H and O–H groups in total. The lowest BCUT2D eigenvalue weighted by molar-refractivity contribution is 0.386. The van der Waals surface area contributed by atoms with Gasteiger partial charge in [-0.2, -0.15) is 4.98 Å². The van der Waals surface area contributed by atoms with E-state index >= 15 is 0 Å². The Balaban J connectivity index is 3.16. The first-order chi connectivity index (χ1) is 5.93. The van der Waals surface area contributed by atoms with Gasteiger partial charge in [0, 0.05) is 11.8 Å². The molecule has 0 atom stereocenters. The Bertz CT molecular complexity index is 304. The molecule has 1 aromatic heterocycles. The number of hydrogen-bond acceptors (Lipinski definition) is 4. The molecule has 1 rings (SSSR count). The summed E-state index contributed by atoms with van der Waals surface area (Å²) in [5.74, 6) is 1.16. The Morgan fingerprint density at radius 1 is 1.38 bits per heavy atom. The maximum absolute atomic E-state index is 5.87. The smallest absolute Gasteiger partial charge is 0.216 e. The Labute approximate surface area is 78.1 Å². The largest absolute Gasteiger partial charge is 0.481 e. The number of aromatic nitrogens is 2. The monoisotopic (exact) mass is 181 g/mol. The van der Waals surface area contributed by atoms with E-state index in [0.29, 0.717) is 11.7 Å². The van der Waals surface area contributed by atoms with Crippen LogP contribution >= 0.6 is 0 Å². The van der Waals surface area contributed by atoms with Crippen molar-refractivity contribution in [2.45, 2.75) is 26.3 Å². The van der Waals surface area contributed by atoms with Crippen molar-refractivity contribution < 1.29 is 4.74 Å². The molecule has 0 fully saturated rings. The second kappa shape index (κ2) is 3.30. The molecule has 1 heterocycles. The van der Waals surface area contributed by atoms with Crippen molar-refractivity contribution in [1.29, 1.82) is 0 Å². The first-order valence-electron chi connectivity index (χ1n) is 4.12. The lowest BCUT2D eigenvalue weighted by Crippen LogP contribution is -2.31. The molecule has 0 spiro atoms. The third-order valence-corrected chi connectivity index (χ3v) is 1.62. The number of nitrogens with two attached hydrogens (primary N) is 1. The number of nitrogens with zero attached hydrogens (tertiary/aromatic N) is 2. The van der Waals surface area contributed by atoms with E-state index in [2.05, 4.69) is 9.97 Å². The van der Waals surface area contributed by atoms with Crippen LogP contribution in [0.2, 0.25) is 0 Å². The van der Waals surface area contributed by atoms with Gasteiger partial charge < -0.3 is 10.5 Å². The molecule has 4 heteroatoms. The fraction of sp³-hybridized carbons (Fsp3) is 0.556. The highest BCUT2D eigenvalue weighted by Gasteiger charge is 2.18. The van der Waals surface area contributed by atoms with Crippen LogP contribution in [0.4, 0.5) is 0 Å². The number of rotatable bonds is 2. The van der Waals surface area contributed by atoms with Crippen LogP contribution in [-0.2, 0) is 5.54 Å². The van der Waals surface area contributed by atoms with Gasteiger partial charge in [0.1, 0.15) is 0 Å². The van der Waals surface area contributed by atoms with Gasteiger partial charge in [-0.15, -0.1) is 0 Å². The van der Waals surface area contributed by atoms with Crippen molar-refractivity contribution in [3.63, 3.8) is 0 Å². The zero-order valence-electron chi connectivity index (χ0n) is 8.46. The maximum atomic E-state index is 5.87. The summed E-state index contributed by atoms with van der Waals surface area (Å²) in [5.41, 5.74) is 6.20. The van der Waals surface area contributed by atoms with Crippen molar-refractivity contribution in [3.8, 4) is 5.88 Å². The predicted molar refractivity (Wildman–Crippen MR) is 50.5 cm³/mol. The van der Waals surface area contributed by atoms with Gasteiger partial charge in [0.05, 0.1) is 12.6 Å². The second-order valence-corrected chi connectivity index (χ2v) is 3.60. The van der Waals surface area contributed by atoms with Crippen LogP contribution < -0.4 is 10.5 Å². The fourth-order valence-corrected chi connectivity index (χ4v) is 0.932. The minimum Gasteiger partial charge on any atom is -0.481 e. The van der Waals surface area contributed by atoms with E-state index in [1.165, 1.54) is 0 Å². The number of ether oxygens (including phenoxy) is 1. The quantitative estimate of drug-likeness (QED) is 0.739. The van der Waals surface area contributed by atoms with Crippen LogP contribution in [0.15, 0.2) is 6.07 Å². The molecule has 4 nitrogen and oxygen atoms in total. The summed E-state index contributed by atoms with van der Waals surface area (Å²) in [7, 11) is 1.58. The van der Waals surface area contributed by atoms with Crippen molar-refractivity contribution in [2.24, 2.45) is 5.73 Å². The molecule has 0 saturated carbocycles. The van der Waals surface area contributed by atoms with Crippen LogP contribution in [0.5, 0.6) is 5.88 Å². The molecule has 0 amide bonds. The van der Waals surface area contributed by atoms with Crippen LogP contribution in [0.1, 0.15) is 25.4 Å². The predicted octanol–water partition coefficient (Wildman–Crippen LogP) is 0.987. The fourth-order valence-electron chi connectivity index (χ4n) is 0.932. The third kappa shape index (κ3) is 2.39. The van der Waals surface area contributed by atoms with Crippen LogP contribution in [0.25, 0.3) is 0 Å². The molecule has 0 aromatic carbocycles. The van der Waals surface area contributed by atoms with E-state index in [9.17, 15) is 0 Å². The van der Waals surface area contributed by atoms with Gasteiger partial charge in [0.15, 0.2) is 5.82 Å². The maximum Gasteiger partial charge on any atom is 0.216 e. The lowest BCUT2D eigenvalue weighted by atomic mass is 10.1. The van der Waals surface area contributed by atoms with Crippen molar-refractivity contribution in [3.05, 3.63) is 17.6 Å². The zero-order chi connectivity index (χ0) is 10.1. The highest BCUT2D eigenvalue weighted by molar-refractivity contribution is 5.17. The Kier molecular flexibility index (Phi) is 2.52. The van der Waals surface area contributed by atoms with Crippen molar-refractivity contribution in [1.82, 2.24) is 9.97 Å². The number of aryl methyl sites for hydroxylation is 1. The molecule has 0 bridgehead atoms. The number of hydrogen-bond donors (Lipinski definition) is 1. The van der Waals surface area contributed by atoms with Crippen LogP contribution in [0.3, 0.4) is 0 Å². The first-order valence-corrected chi connectivity index (χ1v) is 4.12. The van der Waals surface area contributed by atoms with E-state index in [1.54, 1.807) is 13.2 Å². The standard InChI is InChI=1S/C9H15N3O/c1-6-5-7(13-4)12-8(11-6)9(2,3)10/h5H,10H2,1-4H3. The Hall–Kier alpha value is -1.16. The summed E-state index contributed by atoms with van der Waals surface area (Å²) in [6.07, 6.45) is 0. The van der Waals surface area contributed by atoms with E-state index < -0.39 is 5.54 Å². The summed E-state index contributed by atoms with van der Waals surface area (Å²) in [6.45, 7) is 5.61. The van der Waals surface area contributed by atoms with Gasteiger partial charge in [0.2, 0.25) is 5.88 Å². The van der Waals surface area contributed by atoms with E-state index in [-0.39, 0.29) is 0 Å². The highest BCUT2D eigenvalue weighted by Crippen LogP contribution is 2.16. The van der Waals surface area contributed by atoms with Gasteiger partial charge >= 0.3 is 0 Å². The van der Waals surface area contributed by atoms with Gasteiger partial charge in [-0.25, -0.2) is 4.98 Å². The third-order valence-electron chi connectivity index (χ3n) is 1.62. The van der Waals surface area contributed by atoms with Gasteiger partial charge in [0.25, 0.3) is 0 Å². The molecule has 0 unspecified atom stereocenters. The lowest BCUT2D eigenvalue weighted by Gasteiger charge is -2.17. The van der Waals surface area contributed by atoms with Crippen LogP contribution in [-0.4, -0.2) is 17.1 Å². The topological polar surface area (TPSA) is 61.0 Å².